The summed E-state index contributed by atoms with van der Waals surface area (Å²) < 4.78 is 6.85. The van der Waals surface area contributed by atoms with Crippen LogP contribution in [0.2, 0.25) is 10.0 Å². The first kappa shape index (κ1) is 14.7. The summed E-state index contributed by atoms with van der Waals surface area (Å²) in [6, 6.07) is 6.40. The normalized spacial score (nSPS) is 13.8. The van der Waals surface area contributed by atoms with Gasteiger partial charge in [-0.1, -0.05) is 23.2 Å². The second kappa shape index (κ2) is 5.73. The van der Waals surface area contributed by atoms with Gasteiger partial charge in [0.2, 0.25) is 0 Å². The van der Waals surface area contributed by atoms with E-state index >= 15 is 0 Å². The van der Waals surface area contributed by atoms with Gasteiger partial charge in [-0.05, 0) is 25.1 Å². The minimum Gasteiger partial charge on any atom is -0.490 e. The lowest BCUT2D eigenvalue weighted by atomic mass is 10.1. The van der Waals surface area contributed by atoms with Crippen molar-refractivity contribution in [2.45, 2.75) is 12.5 Å². The third-order valence-electron chi connectivity index (χ3n) is 2.88. The third-order valence-corrected chi connectivity index (χ3v) is 3.62. The predicted octanol–water partition coefficient (Wildman–Crippen LogP) is 3.07. The van der Waals surface area contributed by atoms with Gasteiger partial charge in [-0.2, -0.15) is 5.10 Å². The maximum Gasteiger partial charge on any atom is 0.334 e. The van der Waals surface area contributed by atoms with Crippen molar-refractivity contribution in [3.8, 4) is 5.75 Å². The molecule has 0 aliphatic rings. The average molecular weight is 315 g/mol. The highest BCUT2D eigenvalue weighted by Crippen LogP contribution is 2.27. The summed E-state index contributed by atoms with van der Waals surface area (Å²) >= 11 is 11.7. The number of aliphatic carboxylic acids is 1. The van der Waals surface area contributed by atoms with E-state index in [0.29, 0.717) is 15.8 Å². The molecule has 1 aromatic carbocycles. The molecule has 7 heteroatoms. The second-order valence-electron chi connectivity index (χ2n) is 4.39. The molecule has 0 saturated carbocycles. The van der Waals surface area contributed by atoms with E-state index in [-0.39, 0.29) is 6.61 Å². The lowest BCUT2D eigenvalue weighted by molar-refractivity contribution is -0.148. The number of aromatic nitrogens is 2. The van der Waals surface area contributed by atoms with E-state index in [2.05, 4.69) is 5.10 Å². The smallest absolute Gasteiger partial charge is 0.334 e. The fourth-order valence-corrected chi connectivity index (χ4v) is 1.87. The van der Waals surface area contributed by atoms with Gasteiger partial charge < -0.3 is 9.84 Å². The first-order valence-electron chi connectivity index (χ1n) is 5.75. The lowest BCUT2D eigenvalue weighted by Crippen LogP contribution is -2.44. The fraction of sp³-hybridized carbons (Fsp3) is 0.231. The first-order valence-corrected chi connectivity index (χ1v) is 6.50. The number of carboxylic acids is 1. The molecule has 0 spiro atoms. The van der Waals surface area contributed by atoms with Crippen LogP contribution in [0.15, 0.2) is 36.7 Å². The Morgan fingerprint density at radius 2 is 2.20 bits per heavy atom. The van der Waals surface area contributed by atoms with Crippen LogP contribution < -0.4 is 4.74 Å². The van der Waals surface area contributed by atoms with Crippen LogP contribution >= 0.6 is 23.2 Å². The van der Waals surface area contributed by atoms with Gasteiger partial charge in [-0.3, -0.25) is 4.68 Å². The van der Waals surface area contributed by atoms with Crippen LogP contribution in [-0.4, -0.2) is 27.5 Å². The zero-order valence-electron chi connectivity index (χ0n) is 10.6. The van der Waals surface area contributed by atoms with Crippen molar-refractivity contribution in [1.29, 1.82) is 0 Å². The van der Waals surface area contributed by atoms with E-state index in [9.17, 15) is 9.90 Å². The van der Waals surface area contributed by atoms with Gasteiger partial charge in [0.05, 0.1) is 10.0 Å². The predicted molar refractivity (Wildman–Crippen MR) is 75.5 cm³/mol. The van der Waals surface area contributed by atoms with Crippen molar-refractivity contribution in [2.75, 3.05) is 6.61 Å². The number of carbonyl (C=O) groups is 1. The van der Waals surface area contributed by atoms with E-state index in [1.807, 2.05) is 0 Å². The highest BCUT2D eigenvalue weighted by atomic mass is 35.5. The maximum absolute atomic E-state index is 11.5. The number of hydrogen-bond acceptors (Lipinski definition) is 3. The third kappa shape index (κ3) is 2.89. The molecule has 106 valence electrons. The molecule has 1 heterocycles. The maximum atomic E-state index is 11.5. The molecule has 5 nitrogen and oxygen atoms in total. The van der Waals surface area contributed by atoms with Gasteiger partial charge in [-0.15, -0.1) is 0 Å². The summed E-state index contributed by atoms with van der Waals surface area (Å²) in [7, 11) is 0. The average Bonchev–Trinajstić information content (AvgIpc) is 2.94. The summed E-state index contributed by atoms with van der Waals surface area (Å²) in [5.41, 5.74) is -1.31. The summed E-state index contributed by atoms with van der Waals surface area (Å²) in [5.74, 6) is -0.597. The number of rotatable bonds is 5. The highest BCUT2D eigenvalue weighted by Gasteiger charge is 2.37. The van der Waals surface area contributed by atoms with E-state index in [1.165, 1.54) is 23.9 Å². The summed E-state index contributed by atoms with van der Waals surface area (Å²) in [4.78, 5) is 11.5. The zero-order chi connectivity index (χ0) is 14.8. The second-order valence-corrected chi connectivity index (χ2v) is 5.21. The largest absolute Gasteiger partial charge is 0.490 e. The van der Waals surface area contributed by atoms with Gasteiger partial charge >= 0.3 is 5.97 Å². The molecule has 1 unspecified atom stereocenters. The van der Waals surface area contributed by atoms with Gasteiger partial charge in [-0.25, -0.2) is 4.79 Å². The summed E-state index contributed by atoms with van der Waals surface area (Å²) in [5, 5.41) is 14.1. The number of benzene rings is 1. The standard InChI is InChI=1S/C13H12Cl2N2O3/c1-13(12(18)19,17-6-2-5-16-17)8-20-9-3-4-10(14)11(15)7-9/h2-7H,8H2,1H3,(H,18,19). The van der Waals surface area contributed by atoms with Crippen molar-refractivity contribution in [3.05, 3.63) is 46.7 Å². The Morgan fingerprint density at radius 1 is 1.45 bits per heavy atom. The van der Waals surface area contributed by atoms with Crippen molar-refractivity contribution in [3.63, 3.8) is 0 Å². The quantitative estimate of drug-likeness (QED) is 0.921. The van der Waals surface area contributed by atoms with Gasteiger partial charge in [0, 0.05) is 18.5 Å². The van der Waals surface area contributed by atoms with Crippen LogP contribution in [-0.2, 0) is 10.3 Å². The molecule has 2 aromatic rings. The van der Waals surface area contributed by atoms with E-state index in [1.54, 1.807) is 24.4 Å². The van der Waals surface area contributed by atoms with Crippen molar-refractivity contribution in [2.24, 2.45) is 0 Å². The minimum atomic E-state index is -1.31. The molecule has 0 fully saturated rings. The van der Waals surface area contributed by atoms with Crippen LogP contribution in [0.25, 0.3) is 0 Å². The molecular weight excluding hydrogens is 303 g/mol. The molecule has 0 radical (unpaired) electrons. The molecule has 0 aliphatic heterocycles. The van der Waals surface area contributed by atoms with Crippen LogP contribution in [0.3, 0.4) is 0 Å². The minimum absolute atomic E-state index is 0.0953. The molecule has 0 bridgehead atoms. The van der Waals surface area contributed by atoms with Crippen molar-refractivity contribution in [1.82, 2.24) is 9.78 Å². The Hall–Kier alpha value is -1.72. The Bertz CT molecular complexity index is 616. The SMILES string of the molecule is CC(COc1ccc(Cl)c(Cl)c1)(C(=O)O)n1cccn1. The Kier molecular flexibility index (Phi) is 4.20. The summed E-state index contributed by atoms with van der Waals surface area (Å²) in [6.45, 7) is 1.43. The fourth-order valence-electron chi connectivity index (χ4n) is 1.58. The van der Waals surface area contributed by atoms with Crippen molar-refractivity contribution >= 4 is 29.2 Å². The molecular formula is C13H12Cl2N2O3. The Balaban J connectivity index is 2.18. The van der Waals surface area contributed by atoms with E-state index < -0.39 is 11.5 Å². The molecule has 0 aliphatic carbocycles. The number of halogens is 2. The number of hydrogen-bond donors (Lipinski definition) is 1. The molecule has 1 N–H and O–H groups in total. The molecule has 0 saturated heterocycles. The van der Waals surface area contributed by atoms with E-state index in [4.69, 9.17) is 27.9 Å². The Morgan fingerprint density at radius 3 is 2.75 bits per heavy atom. The Labute approximate surface area is 125 Å². The van der Waals surface area contributed by atoms with Crippen LogP contribution in [0.4, 0.5) is 0 Å². The summed E-state index contributed by atoms with van der Waals surface area (Å²) in [6.07, 6.45) is 3.09. The molecule has 0 amide bonds. The number of ether oxygens (including phenoxy) is 1. The monoisotopic (exact) mass is 314 g/mol. The molecule has 1 atom stereocenters. The lowest BCUT2D eigenvalue weighted by Gasteiger charge is -2.25. The molecule has 20 heavy (non-hydrogen) atoms. The topological polar surface area (TPSA) is 64.3 Å². The van der Waals surface area contributed by atoms with Gasteiger partial charge in [0.25, 0.3) is 0 Å². The zero-order valence-corrected chi connectivity index (χ0v) is 12.1. The molecule has 1 aromatic heterocycles. The highest BCUT2D eigenvalue weighted by molar-refractivity contribution is 6.42. The molecule has 2 rings (SSSR count). The van der Waals surface area contributed by atoms with Crippen LogP contribution in [0.1, 0.15) is 6.92 Å². The van der Waals surface area contributed by atoms with Crippen LogP contribution in [0, 0.1) is 0 Å². The van der Waals surface area contributed by atoms with Gasteiger partial charge in [0.1, 0.15) is 12.4 Å². The van der Waals surface area contributed by atoms with Crippen LogP contribution in [0.5, 0.6) is 5.75 Å². The number of carboxylic acid groups (broad SMARTS) is 1. The number of nitrogens with zero attached hydrogens (tertiary/aromatic N) is 2. The van der Waals surface area contributed by atoms with Crippen molar-refractivity contribution < 1.29 is 14.6 Å². The van der Waals surface area contributed by atoms with E-state index in [0.717, 1.165) is 0 Å². The van der Waals surface area contributed by atoms with Gasteiger partial charge in [0.15, 0.2) is 5.54 Å². The first-order chi connectivity index (χ1) is 9.43.